The van der Waals surface area contributed by atoms with Crippen LogP contribution in [0.5, 0.6) is 0 Å². The van der Waals surface area contributed by atoms with Crippen LogP contribution < -0.4 is 5.73 Å². The van der Waals surface area contributed by atoms with Gasteiger partial charge in [-0.2, -0.15) is 0 Å². The highest BCUT2D eigenvalue weighted by Crippen LogP contribution is 2.13. The number of carbonyl (C=O) groups is 2. The second-order valence-electron chi connectivity index (χ2n) is 3.98. The molecule has 17 heavy (non-hydrogen) atoms. The van der Waals surface area contributed by atoms with E-state index in [9.17, 15) is 14.0 Å². The number of alkyl halides is 1. The number of primary amides is 1. The molecule has 100 valence electrons. The molecule has 2 atom stereocenters. The van der Waals surface area contributed by atoms with E-state index in [1.54, 1.807) is 0 Å². The van der Waals surface area contributed by atoms with E-state index in [-0.39, 0.29) is 25.0 Å². The van der Waals surface area contributed by atoms with Crippen LogP contribution in [-0.4, -0.2) is 49.7 Å². The summed E-state index contributed by atoms with van der Waals surface area (Å²) in [6.07, 6.45) is 0.733. The van der Waals surface area contributed by atoms with Crippen molar-refractivity contribution in [3.05, 3.63) is 0 Å². The van der Waals surface area contributed by atoms with Gasteiger partial charge in [-0.05, 0) is 5.92 Å². The van der Waals surface area contributed by atoms with Crippen LogP contribution in [0.4, 0.5) is 4.39 Å². The summed E-state index contributed by atoms with van der Waals surface area (Å²) in [5.74, 6) is -0.939. The number of carbonyl (C=O) groups excluding carboxylic acids is 2. The van der Waals surface area contributed by atoms with Crippen LogP contribution >= 0.6 is 0 Å². The summed E-state index contributed by atoms with van der Waals surface area (Å²) in [4.78, 5) is 24.2. The van der Waals surface area contributed by atoms with Gasteiger partial charge >= 0.3 is 0 Å². The molecule has 0 radical (unpaired) electrons. The number of nitrogens with two attached hydrogens (primary N) is 1. The van der Waals surface area contributed by atoms with Crippen molar-refractivity contribution < 1.29 is 18.7 Å². The maximum atomic E-state index is 11.8. The molecule has 0 unspecified atom stereocenters. The maximum Gasteiger partial charge on any atom is 0.249 e. The van der Waals surface area contributed by atoms with E-state index < -0.39 is 18.6 Å². The van der Waals surface area contributed by atoms with Gasteiger partial charge in [-0.25, -0.2) is 4.39 Å². The molecular weight excluding hydrogens is 227 g/mol. The van der Waals surface area contributed by atoms with Crippen LogP contribution in [0.15, 0.2) is 0 Å². The predicted octanol–water partition coefficient (Wildman–Crippen LogP) is 0.331. The number of hydrogen-bond donors (Lipinski definition) is 1. The monoisotopic (exact) mass is 248 g/mol. The van der Waals surface area contributed by atoms with Crippen molar-refractivity contribution in [3.63, 3.8) is 0 Å². The topological polar surface area (TPSA) is 72.6 Å². The van der Waals surface area contributed by atoms with Crippen molar-refractivity contribution >= 4 is 11.8 Å². The molecule has 0 aromatic heterocycles. The van der Waals surface area contributed by atoms with E-state index in [2.05, 4.69) is 0 Å². The molecule has 0 aromatic carbocycles. The number of hydrogen-bond acceptors (Lipinski definition) is 3. The molecule has 0 bridgehead atoms. The highest BCUT2D eigenvalue weighted by Gasteiger charge is 2.29. The minimum absolute atomic E-state index is 0.0253. The van der Waals surface area contributed by atoms with Crippen LogP contribution in [-0.2, 0) is 14.3 Å². The van der Waals surface area contributed by atoms with Gasteiger partial charge in [-0.15, -0.1) is 0 Å². The Kier molecular flexibility index (Phi) is 7.45. The molecule has 2 amide bonds. The van der Waals surface area contributed by atoms with Gasteiger partial charge in [0.25, 0.3) is 0 Å². The number of ether oxygens (including phenoxy) is 1. The zero-order chi connectivity index (χ0) is 13.4. The lowest BCUT2D eigenvalue weighted by molar-refractivity contribution is -0.143. The van der Waals surface area contributed by atoms with Crippen molar-refractivity contribution in [3.8, 4) is 0 Å². The normalized spacial score (nSPS) is 14.1. The van der Waals surface area contributed by atoms with E-state index in [1.165, 1.54) is 11.9 Å². The third-order valence-corrected chi connectivity index (χ3v) is 2.73. The Morgan fingerprint density at radius 3 is 2.47 bits per heavy atom. The van der Waals surface area contributed by atoms with E-state index in [0.29, 0.717) is 0 Å². The Morgan fingerprint density at radius 1 is 1.47 bits per heavy atom. The molecule has 0 saturated carbocycles. The Bertz CT molecular complexity index is 261. The van der Waals surface area contributed by atoms with E-state index >= 15 is 0 Å². The number of halogens is 1. The Balaban J connectivity index is 4.45. The molecule has 0 saturated heterocycles. The van der Waals surface area contributed by atoms with E-state index in [4.69, 9.17) is 10.5 Å². The number of amides is 2. The molecule has 0 fully saturated rings. The molecule has 5 nitrogen and oxygen atoms in total. The lowest BCUT2D eigenvalue weighted by atomic mass is 9.97. The van der Waals surface area contributed by atoms with E-state index in [0.717, 1.165) is 6.42 Å². The van der Waals surface area contributed by atoms with Crippen LogP contribution in [0.3, 0.4) is 0 Å². The smallest absolute Gasteiger partial charge is 0.249 e. The molecule has 0 aliphatic rings. The zero-order valence-corrected chi connectivity index (χ0v) is 10.6. The van der Waals surface area contributed by atoms with Crippen LogP contribution in [0.25, 0.3) is 0 Å². The minimum atomic E-state index is -0.651. The summed E-state index contributed by atoms with van der Waals surface area (Å²) < 4.78 is 16.6. The first-order valence-corrected chi connectivity index (χ1v) is 5.64. The fourth-order valence-corrected chi connectivity index (χ4v) is 1.55. The lowest BCUT2D eigenvalue weighted by Gasteiger charge is -2.29. The molecule has 0 aromatic rings. The van der Waals surface area contributed by atoms with Gasteiger partial charge in [-0.3, -0.25) is 9.59 Å². The zero-order valence-electron chi connectivity index (χ0n) is 10.6. The predicted molar refractivity (Wildman–Crippen MR) is 62.0 cm³/mol. The number of nitrogens with zero attached hydrogens (tertiary/aromatic N) is 1. The highest BCUT2D eigenvalue weighted by atomic mass is 19.1. The Morgan fingerprint density at radius 2 is 2.06 bits per heavy atom. The molecule has 2 N–H and O–H groups in total. The Labute approximate surface area is 101 Å². The maximum absolute atomic E-state index is 11.8. The second kappa shape index (κ2) is 8.00. The van der Waals surface area contributed by atoms with Crippen LogP contribution in [0.2, 0.25) is 0 Å². The fraction of sp³-hybridized carbons (Fsp3) is 0.818. The average Bonchev–Trinajstić information content (AvgIpc) is 2.28. The van der Waals surface area contributed by atoms with Gasteiger partial charge in [0.2, 0.25) is 11.8 Å². The van der Waals surface area contributed by atoms with Crippen molar-refractivity contribution in [2.75, 3.05) is 26.9 Å². The molecule has 0 spiro atoms. The SMILES string of the molecule is CC[C@H](C)[C@@H](C(N)=O)N(C)C(=O)COCCF. The molecular formula is C11H21FN2O3. The third kappa shape index (κ3) is 5.12. The average molecular weight is 248 g/mol. The van der Waals surface area contributed by atoms with E-state index in [1.807, 2.05) is 13.8 Å². The largest absolute Gasteiger partial charge is 0.369 e. The van der Waals surface area contributed by atoms with Gasteiger partial charge in [-0.1, -0.05) is 20.3 Å². The van der Waals surface area contributed by atoms with Gasteiger partial charge in [0, 0.05) is 7.05 Å². The summed E-state index contributed by atoms with van der Waals surface area (Å²) in [5, 5.41) is 0. The van der Waals surface area contributed by atoms with Gasteiger partial charge < -0.3 is 15.4 Å². The Hall–Kier alpha value is -1.17. The van der Waals surface area contributed by atoms with Gasteiger partial charge in [0.05, 0.1) is 6.61 Å². The molecule has 0 rings (SSSR count). The summed E-state index contributed by atoms with van der Waals surface area (Å²) in [5.41, 5.74) is 5.27. The first-order valence-electron chi connectivity index (χ1n) is 5.64. The summed E-state index contributed by atoms with van der Waals surface area (Å²) in [7, 11) is 1.50. The third-order valence-electron chi connectivity index (χ3n) is 2.73. The first-order chi connectivity index (χ1) is 7.95. The van der Waals surface area contributed by atoms with Crippen molar-refractivity contribution in [1.29, 1.82) is 0 Å². The lowest BCUT2D eigenvalue weighted by Crippen LogP contribution is -2.50. The minimum Gasteiger partial charge on any atom is -0.369 e. The van der Waals surface area contributed by atoms with Crippen LogP contribution in [0.1, 0.15) is 20.3 Å². The molecule has 0 heterocycles. The van der Waals surface area contributed by atoms with Crippen molar-refractivity contribution in [1.82, 2.24) is 4.90 Å². The summed E-state index contributed by atoms with van der Waals surface area (Å²) in [6.45, 7) is 2.77. The molecule has 6 heteroatoms. The number of likely N-dealkylation sites (N-methyl/N-ethyl adjacent to an activating group) is 1. The van der Waals surface area contributed by atoms with Crippen molar-refractivity contribution in [2.24, 2.45) is 11.7 Å². The second-order valence-corrected chi connectivity index (χ2v) is 3.98. The first kappa shape index (κ1) is 15.8. The fourth-order valence-electron chi connectivity index (χ4n) is 1.55. The summed E-state index contributed by atoms with van der Waals surface area (Å²) in [6, 6.07) is -0.651. The van der Waals surface area contributed by atoms with Gasteiger partial charge in [0.1, 0.15) is 19.3 Å². The summed E-state index contributed by atoms with van der Waals surface area (Å²) >= 11 is 0. The quantitative estimate of drug-likeness (QED) is 0.629. The standard InChI is InChI=1S/C11H21FN2O3/c1-4-8(2)10(11(13)16)14(3)9(15)7-17-6-5-12/h8,10H,4-7H2,1-3H3,(H2,13,16)/t8-,10-/m0/s1. The van der Waals surface area contributed by atoms with Crippen LogP contribution in [0, 0.1) is 5.92 Å². The number of rotatable bonds is 8. The van der Waals surface area contributed by atoms with Crippen molar-refractivity contribution in [2.45, 2.75) is 26.3 Å². The molecule has 0 aliphatic heterocycles. The van der Waals surface area contributed by atoms with Gasteiger partial charge in [0.15, 0.2) is 0 Å². The molecule has 0 aliphatic carbocycles. The highest BCUT2D eigenvalue weighted by molar-refractivity contribution is 5.87.